The van der Waals surface area contributed by atoms with Gasteiger partial charge in [-0.05, 0) is 6.07 Å². The van der Waals surface area contributed by atoms with Crippen LogP contribution in [-0.2, 0) is 15.1 Å². The minimum Gasteiger partial charge on any atom is -0.507 e. The quantitative estimate of drug-likeness (QED) is 0.793. The Kier molecular flexibility index (Phi) is 3.17. The molecule has 0 bridgehead atoms. The number of aliphatic hydroxyl groups is 1. The lowest BCUT2D eigenvalue weighted by Crippen LogP contribution is -2.49. The molecule has 2 rings (SSSR count). The van der Waals surface area contributed by atoms with Crippen molar-refractivity contribution in [1.29, 1.82) is 0 Å². The van der Waals surface area contributed by atoms with E-state index in [-0.39, 0.29) is 18.3 Å². The predicted molar refractivity (Wildman–Crippen MR) is 56.2 cm³/mol. The van der Waals surface area contributed by atoms with Crippen molar-refractivity contribution in [3.8, 4) is 17.2 Å². The van der Waals surface area contributed by atoms with Crippen molar-refractivity contribution < 1.29 is 42.4 Å². The highest BCUT2D eigenvalue weighted by Gasteiger charge is 2.63. The second-order valence-corrected chi connectivity index (χ2v) is 3.92. The Morgan fingerprint density at radius 3 is 2.35 bits per heavy atom. The van der Waals surface area contributed by atoms with Gasteiger partial charge in [-0.15, -0.1) is 0 Å². The zero-order valence-corrected chi connectivity index (χ0v) is 10.0. The topological polar surface area (TPSA) is 85.2 Å². The van der Waals surface area contributed by atoms with Crippen LogP contribution in [0.3, 0.4) is 0 Å². The van der Waals surface area contributed by atoms with Gasteiger partial charge in [0.15, 0.2) is 11.5 Å². The zero-order valence-electron chi connectivity index (χ0n) is 10.0. The maximum atomic E-state index is 13.0. The van der Waals surface area contributed by atoms with E-state index in [1.807, 2.05) is 0 Å². The molecule has 0 saturated carbocycles. The number of aromatic hydroxyl groups is 1. The summed E-state index contributed by atoms with van der Waals surface area (Å²) in [6.45, 7) is -0.249. The molecule has 1 aromatic rings. The maximum absolute atomic E-state index is 13.0. The number of alkyl halides is 3. The van der Waals surface area contributed by atoms with Crippen LogP contribution >= 0.6 is 0 Å². The van der Waals surface area contributed by atoms with Gasteiger partial charge in [0, 0.05) is 6.07 Å². The van der Waals surface area contributed by atoms with Crippen molar-refractivity contribution >= 4 is 5.97 Å². The van der Waals surface area contributed by atoms with Gasteiger partial charge in [0.25, 0.3) is 5.60 Å². The molecule has 0 fully saturated rings. The second kappa shape index (κ2) is 4.44. The first-order valence-corrected chi connectivity index (χ1v) is 5.22. The Labute approximate surface area is 110 Å². The Morgan fingerprint density at radius 1 is 1.30 bits per heavy atom. The van der Waals surface area contributed by atoms with Gasteiger partial charge in [-0.1, -0.05) is 0 Å². The summed E-state index contributed by atoms with van der Waals surface area (Å²) in [5.74, 6) is -3.08. The van der Waals surface area contributed by atoms with Crippen LogP contribution in [0.4, 0.5) is 13.2 Å². The summed E-state index contributed by atoms with van der Waals surface area (Å²) in [4.78, 5) is 11.4. The summed E-state index contributed by atoms with van der Waals surface area (Å²) in [5.41, 5.74) is -5.10. The lowest BCUT2D eigenvalue weighted by molar-refractivity contribution is -0.267. The van der Waals surface area contributed by atoms with E-state index in [0.29, 0.717) is 13.2 Å². The SMILES string of the molecule is COC(=O)[C@@](O)(c1cc2c(cc1O)OCO2)C(F)(F)F. The number of rotatable bonds is 2. The molecule has 1 atom stereocenters. The minimum absolute atomic E-state index is 0.000593. The monoisotopic (exact) mass is 294 g/mol. The number of phenols is 1. The predicted octanol–water partition coefficient (Wildman–Crippen LogP) is 1.04. The van der Waals surface area contributed by atoms with Crippen LogP contribution < -0.4 is 9.47 Å². The number of hydrogen-bond donors (Lipinski definition) is 2. The number of halogens is 3. The minimum atomic E-state index is -5.40. The summed E-state index contributed by atoms with van der Waals surface area (Å²) >= 11 is 0. The third-order valence-corrected chi connectivity index (χ3v) is 2.77. The van der Waals surface area contributed by atoms with Crippen molar-refractivity contribution in [2.75, 3.05) is 13.9 Å². The van der Waals surface area contributed by atoms with E-state index in [9.17, 15) is 28.2 Å². The van der Waals surface area contributed by atoms with Crippen molar-refractivity contribution in [1.82, 2.24) is 0 Å². The summed E-state index contributed by atoms with van der Waals surface area (Å²) in [7, 11) is 0.684. The Morgan fingerprint density at radius 2 is 1.85 bits per heavy atom. The van der Waals surface area contributed by atoms with Gasteiger partial charge < -0.3 is 24.4 Å². The number of esters is 1. The van der Waals surface area contributed by atoms with Gasteiger partial charge in [-0.2, -0.15) is 13.2 Å². The van der Waals surface area contributed by atoms with E-state index in [2.05, 4.69) is 4.74 Å². The highest BCUT2D eigenvalue weighted by molar-refractivity contribution is 5.83. The summed E-state index contributed by atoms with van der Waals surface area (Å²) in [6, 6.07) is 1.50. The normalized spacial score (nSPS) is 16.6. The molecular formula is C11H9F3O6. The number of methoxy groups -OCH3 is 1. The zero-order chi connectivity index (χ0) is 15.1. The first-order chi connectivity index (χ1) is 9.21. The summed E-state index contributed by atoms with van der Waals surface area (Å²) < 4.78 is 52.8. The molecule has 0 saturated heterocycles. The molecule has 0 unspecified atom stereocenters. The molecule has 0 amide bonds. The van der Waals surface area contributed by atoms with Crippen molar-refractivity contribution in [2.45, 2.75) is 11.8 Å². The molecule has 0 radical (unpaired) electrons. The average Bonchev–Trinajstić information content (AvgIpc) is 2.81. The lowest BCUT2D eigenvalue weighted by atomic mass is 9.91. The third-order valence-electron chi connectivity index (χ3n) is 2.77. The summed E-state index contributed by atoms with van der Waals surface area (Å²) in [5, 5.41) is 19.4. The van der Waals surface area contributed by atoms with Gasteiger partial charge >= 0.3 is 12.1 Å². The smallest absolute Gasteiger partial charge is 0.432 e. The number of benzene rings is 1. The third kappa shape index (κ3) is 1.90. The number of hydrogen-bond acceptors (Lipinski definition) is 6. The van der Waals surface area contributed by atoms with Gasteiger partial charge in [-0.3, -0.25) is 0 Å². The van der Waals surface area contributed by atoms with Gasteiger partial charge in [0.1, 0.15) is 5.75 Å². The molecule has 1 aliphatic rings. The van der Waals surface area contributed by atoms with Crippen molar-refractivity contribution in [3.05, 3.63) is 17.7 Å². The Bertz CT molecular complexity index is 556. The van der Waals surface area contributed by atoms with Crippen molar-refractivity contribution in [3.63, 3.8) is 0 Å². The van der Waals surface area contributed by atoms with Crippen LogP contribution in [0, 0.1) is 0 Å². The number of carbonyl (C=O) groups is 1. The maximum Gasteiger partial charge on any atom is 0.432 e. The van der Waals surface area contributed by atoms with Gasteiger partial charge in [-0.25, -0.2) is 4.79 Å². The van der Waals surface area contributed by atoms with Crippen LogP contribution in [0.15, 0.2) is 12.1 Å². The van der Waals surface area contributed by atoms with Gasteiger partial charge in [0.2, 0.25) is 6.79 Å². The van der Waals surface area contributed by atoms with Gasteiger partial charge in [0.05, 0.1) is 12.7 Å². The first-order valence-electron chi connectivity index (χ1n) is 5.22. The lowest BCUT2D eigenvalue weighted by Gasteiger charge is -2.28. The fourth-order valence-corrected chi connectivity index (χ4v) is 1.75. The molecule has 0 spiro atoms. The molecule has 1 heterocycles. The highest BCUT2D eigenvalue weighted by Crippen LogP contribution is 2.47. The van der Waals surface area contributed by atoms with Crippen LogP contribution in [-0.4, -0.2) is 36.3 Å². The fourth-order valence-electron chi connectivity index (χ4n) is 1.75. The molecule has 2 N–H and O–H groups in total. The van der Waals surface area contributed by atoms with Crippen LogP contribution in [0.1, 0.15) is 5.56 Å². The Balaban J connectivity index is 2.64. The molecule has 0 aliphatic carbocycles. The van der Waals surface area contributed by atoms with Crippen molar-refractivity contribution in [2.24, 2.45) is 0 Å². The molecule has 6 nitrogen and oxygen atoms in total. The number of ether oxygens (including phenoxy) is 3. The first kappa shape index (κ1) is 14.3. The summed E-state index contributed by atoms with van der Waals surface area (Å²) in [6.07, 6.45) is -5.40. The molecule has 1 aromatic carbocycles. The van der Waals surface area contributed by atoms with E-state index < -0.39 is 29.1 Å². The molecule has 20 heavy (non-hydrogen) atoms. The molecule has 110 valence electrons. The van der Waals surface area contributed by atoms with Crippen LogP contribution in [0.2, 0.25) is 0 Å². The second-order valence-electron chi connectivity index (χ2n) is 3.92. The molecule has 9 heteroatoms. The Hall–Kier alpha value is -2.16. The van der Waals surface area contributed by atoms with E-state index in [0.717, 1.165) is 6.07 Å². The number of carbonyl (C=O) groups excluding carboxylic acids is 1. The van der Waals surface area contributed by atoms with E-state index in [1.54, 1.807) is 0 Å². The van der Waals surface area contributed by atoms with Crippen LogP contribution in [0.5, 0.6) is 17.2 Å². The molecular weight excluding hydrogens is 285 g/mol. The fraction of sp³-hybridized carbons (Fsp3) is 0.364. The van der Waals surface area contributed by atoms with Crippen LogP contribution in [0.25, 0.3) is 0 Å². The highest BCUT2D eigenvalue weighted by atomic mass is 19.4. The van der Waals surface area contributed by atoms with E-state index in [4.69, 9.17) is 9.47 Å². The number of fused-ring (bicyclic) bond motifs is 1. The molecule has 1 aliphatic heterocycles. The largest absolute Gasteiger partial charge is 0.507 e. The number of phenolic OH excluding ortho intramolecular Hbond substituents is 1. The molecule has 0 aromatic heterocycles. The average molecular weight is 294 g/mol. The van der Waals surface area contributed by atoms with E-state index in [1.165, 1.54) is 0 Å². The van der Waals surface area contributed by atoms with E-state index >= 15 is 0 Å². The standard InChI is InChI=1S/C11H9F3O6/c1-18-9(16)10(17,11(12,13)14)5-2-7-8(3-6(5)15)20-4-19-7/h2-3,15,17H,4H2,1H3/t10-/m0/s1.